The molecule has 0 spiro atoms. The van der Waals surface area contributed by atoms with Crippen LogP contribution in [0.25, 0.3) is 0 Å². The van der Waals surface area contributed by atoms with Gasteiger partial charge < -0.3 is 9.47 Å². The van der Waals surface area contributed by atoms with Gasteiger partial charge in [-0.15, -0.1) is 0 Å². The molecule has 0 saturated heterocycles. The molecule has 1 aromatic carbocycles. The first kappa shape index (κ1) is 12.0. The minimum atomic E-state index is -2.08. The van der Waals surface area contributed by atoms with Crippen LogP contribution in [0.15, 0.2) is 28.7 Å². The molecule has 0 heterocycles. The van der Waals surface area contributed by atoms with E-state index in [2.05, 4.69) is 20.7 Å². The van der Waals surface area contributed by atoms with Crippen LogP contribution in [0, 0.1) is 0 Å². The number of alkyl halides is 1. The summed E-state index contributed by atoms with van der Waals surface area (Å²) in [4.78, 5) is 10.9. The van der Waals surface area contributed by atoms with E-state index in [1.165, 1.54) is 0 Å². The van der Waals surface area contributed by atoms with Gasteiger partial charge in [0.25, 0.3) is 0 Å². The Hall–Kier alpha value is -1.10. The maximum Gasteiger partial charge on any atom is 0.381 e. The van der Waals surface area contributed by atoms with E-state index in [-0.39, 0.29) is 12.4 Å². The SMILES string of the molecule is CCOC(=O)C(F)Oc1ccc(Br)cc1. The van der Waals surface area contributed by atoms with E-state index in [1.54, 1.807) is 31.2 Å². The van der Waals surface area contributed by atoms with E-state index in [9.17, 15) is 9.18 Å². The molecule has 1 atom stereocenters. The number of halogens is 2. The molecule has 5 heteroatoms. The van der Waals surface area contributed by atoms with Crippen LogP contribution in [0.2, 0.25) is 0 Å². The van der Waals surface area contributed by atoms with E-state index in [0.717, 1.165) is 4.47 Å². The highest BCUT2D eigenvalue weighted by atomic mass is 79.9. The van der Waals surface area contributed by atoms with Crippen molar-refractivity contribution in [1.82, 2.24) is 0 Å². The third-order valence-electron chi connectivity index (χ3n) is 1.53. The Bertz CT molecular complexity index is 326. The number of hydrogen-bond acceptors (Lipinski definition) is 3. The maximum atomic E-state index is 13.1. The van der Waals surface area contributed by atoms with E-state index in [1.807, 2.05) is 0 Å². The number of carbonyl (C=O) groups excluding carboxylic acids is 1. The molecule has 15 heavy (non-hydrogen) atoms. The summed E-state index contributed by atoms with van der Waals surface area (Å²) in [6.07, 6.45) is -2.08. The monoisotopic (exact) mass is 276 g/mol. The van der Waals surface area contributed by atoms with Crippen LogP contribution in [-0.2, 0) is 9.53 Å². The summed E-state index contributed by atoms with van der Waals surface area (Å²) >= 11 is 3.22. The van der Waals surface area contributed by atoms with E-state index >= 15 is 0 Å². The highest BCUT2D eigenvalue weighted by Crippen LogP contribution is 2.17. The zero-order chi connectivity index (χ0) is 11.3. The molecule has 0 amide bonds. The first-order chi connectivity index (χ1) is 7.13. The third kappa shape index (κ3) is 3.87. The minimum absolute atomic E-state index is 0.128. The first-order valence-electron chi connectivity index (χ1n) is 4.36. The second kappa shape index (κ2) is 5.70. The second-order valence-electron chi connectivity index (χ2n) is 2.64. The summed E-state index contributed by atoms with van der Waals surface area (Å²) in [6, 6.07) is 6.48. The zero-order valence-electron chi connectivity index (χ0n) is 8.07. The molecule has 0 aliphatic rings. The van der Waals surface area contributed by atoms with Gasteiger partial charge in [-0.2, -0.15) is 4.39 Å². The van der Waals surface area contributed by atoms with Gasteiger partial charge >= 0.3 is 12.3 Å². The van der Waals surface area contributed by atoms with Crippen molar-refractivity contribution < 1.29 is 18.7 Å². The fraction of sp³-hybridized carbons (Fsp3) is 0.300. The van der Waals surface area contributed by atoms with E-state index in [0.29, 0.717) is 0 Å². The van der Waals surface area contributed by atoms with Gasteiger partial charge in [-0.05, 0) is 31.2 Å². The lowest BCUT2D eigenvalue weighted by Gasteiger charge is -2.09. The van der Waals surface area contributed by atoms with Gasteiger partial charge in [-0.3, -0.25) is 0 Å². The Kier molecular flexibility index (Phi) is 4.55. The molecule has 0 aliphatic heterocycles. The van der Waals surface area contributed by atoms with Crippen LogP contribution in [0.4, 0.5) is 4.39 Å². The molecule has 0 radical (unpaired) electrons. The molecule has 0 aliphatic carbocycles. The molecule has 0 fully saturated rings. The number of rotatable bonds is 4. The van der Waals surface area contributed by atoms with Crippen LogP contribution in [0.3, 0.4) is 0 Å². The van der Waals surface area contributed by atoms with Gasteiger partial charge in [0, 0.05) is 4.47 Å². The van der Waals surface area contributed by atoms with Crippen molar-refractivity contribution in [3.8, 4) is 5.75 Å². The van der Waals surface area contributed by atoms with Crippen LogP contribution >= 0.6 is 15.9 Å². The Morgan fingerprint density at radius 1 is 1.47 bits per heavy atom. The van der Waals surface area contributed by atoms with Crippen LogP contribution in [0.5, 0.6) is 5.75 Å². The van der Waals surface area contributed by atoms with Crippen molar-refractivity contribution in [3.05, 3.63) is 28.7 Å². The Morgan fingerprint density at radius 2 is 2.07 bits per heavy atom. The van der Waals surface area contributed by atoms with E-state index < -0.39 is 12.3 Å². The van der Waals surface area contributed by atoms with Crippen LogP contribution < -0.4 is 4.74 Å². The van der Waals surface area contributed by atoms with Gasteiger partial charge in [0.15, 0.2) is 0 Å². The quantitative estimate of drug-likeness (QED) is 0.794. The average molecular weight is 277 g/mol. The Balaban J connectivity index is 2.54. The highest BCUT2D eigenvalue weighted by molar-refractivity contribution is 9.10. The van der Waals surface area contributed by atoms with Crippen molar-refractivity contribution >= 4 is 21.9 Å². The molecular formula is C10H10BrFO3. The molecule has 1 unspecified atom stereocenters. The van der Waals surface area contributed by atoms with Gasteiger partial charge in [0.1, 0.15) is 5.75 Å². The van der Waals surface area contributed by atoms with Crippen LogP contribution in [-0.4, -0.2) is 18.9 Å². The third-order valence-corrected chi connectivity index (χ3v) is 2.05. The lowest BCUT2D eigenvalue weighted by molar-refractivity contribution is -0.159. The lowest BCUT2D eigenvalue weighted by Crippen LogP contribution is -2.24. The molecule has 0 bridgehead atoms. The summed E-state index contributed by atoms with van der Waals surface area (Å²) in [5.41, 5.74) is 0. The molecular weight excluding hydrogens is 267 g/mol. The van der Waals surface area contributed by atoms with Crippen molar-refractivity contribution in [3.63, 3.8) is 0 Å². The summed E-state index contributed by atoms with van der Waals surface area (Å²) in [7, 11) is 0. The number of benzene rings is 1. The molecule has 82 valence electrons. The Morgan fingerprint density at radius 3 is 2.60 bits per heavy atom. The number of ether oxygens (including phenoxy) is 2. The maximum absolute atomic E-state index is 13.1. The Labute approximate surface area is 95.3 Å². The van der Waals surface area contributed by atoms with Crippen molar-refractivity contribution in [2.45, 2.75) is 13.3 Å². The molecule has 3 nitrogen and oxygen atoms in total. The predicted octanol–water partition coefficient (Wildman–Crippen LogP) is 2.69. The smallest absolute Gasteiger partial charge is 0.381 e. The van der Waals surface area contributed by atoms with Crippen molar-refractivity contribution in [2.24, 2.45) is 0 Å². The summed E-state index contributed by atoms with van der Waals surface area (Å²) < 4.78 is 23.1. The number of esters is 1. The van der Waals surface area contributed by atoms with Gasteiger partial charge in [-0.1, -0.05) is 15.9 Å². The summed E-state index contributed by atoms with van der Waals surface area (Å²) in [5, 5.41) is 0. The second-order valence-corrected chi connectivity index (χ2v) is 3.56. The van der Waals surface area contributed by atoms with Crippen molar-refractivity contribution in [1.29, 1.82) is 0 Å². The highest BCUT2D eigenvalue weighted by Gasteiger charge is 2.19. The first-order valence-corrected chi connectivity index (χ1v) is 5.15. The van der Waals surface area contributed by atoms with Gasteiger partial charge in [-0.25, -0.2) is 4.79 Å². The van der Waals surface area contributed by atoms with Gasteiger partial charge in [0.2, 0.25) is 0 Å². The summed E-state index contributed by atoms with van der Waals surface area (Å²) in [5.74, 6) is -0.737. The molecule has 1 rings (SSSR count). The largest absolute Gasteiger partial charge is 0.461 e. The van der Waals surface area contributed by atoms with Gasteiger partial charge in [0.05, 0.1) is 6.61 Å². The zero-order valence-corrected chi connectivity index (χ0v) is 9.66. The van der Waals surface area contributed by atoms with E-state index in [4.69, 9.17) is 4.74 Å². The fourth-order valence-electron chi connectivity index (χ4n) is 0.889. The lowest BCUT2D eigenvalue weighted by atomic mass is 10.3. The predicted molar refractivity (Wildman–Crippen MR) is 56.3 cm³/mol. The fourth-order valence-corrected chi connectivity index (χ4v) is 1.15. The molecule has 0 N–H and O–H groups in total. The number of hydrogen-bond donors (Lipinski definition) is 0. The van der Waals surface area contributed by atoms with Crippen molar-refractivity contribution in [2.75, 3.05) is 6.61 Å². The summed E-state index contributed by atoms with van der Waals surface area (Å²) in [6.45, 7) is 1.73. The standard InChI is InChI=1S/C10H10BrFO3/c1-2-14-10(13)9(12)15-8-5-3-7(11)4-6-8/h3-6,9H,2H2,1H3. The normalized spacial score (nSPS) is 11.9. The minimum Gasteiger partial charge on any atom is -0.461 e. The topological polar surface area (TPSA) is 35.5 Å². The average Bonchev–Trinajstić information content (AvgIpc) is 2.22. The van der Waals surface area contributed by atoms with Crippen LogP contribution in [0.1, 0.15) is 6.92 Å². The number of carbonyl (C=O) groups is 1. The molecule has 0 saturated carbocycles. The molecule has 1 aromatic rings. The molecule has 0 aromatic heterocycles.